The molecule has 2 atom stereocenters. The number of nitrogens with one attached hydrogen (secondary N) is 1. The van der Waals surface area contributed by atoms with Gasteiger partial charge in [0.05, 0.1) is 18.7 Å². The molecule has 1 saturated heterocycles. The van der Waals surface area contributed by atoms with Crippen molar-refractivity contribution in [1.82, 2.24) is 29.4 Å². The minimum Gasteiger partial charge on any atom is -0.497 e. The van der Waals surface area contributed by atoms with E-state index in [1.807, 2.05) is 40.6 Å². The van der Waals surface area contributed by atoms with Crippen LogP contribution in [0.4, 0.5) is 0 Å². The standard InChI is InChI=1S/C21H26N6O2S/c1-14-17(12-25-9-7-22-8-10-25)30-20-18(14)19-23-13-24-27(19)21(28)26(20)11-15-3-5-16(29-2)6-4-15/h3-6,13-14,17,22H,7-12H2,1-2H3. The second-order valence-electron chi connectivity index (χ2n) is 7.93. The van der Waals surface area contributed by atoms with Gasteiger partial charge in [-0.1, -0.05) is 19.1 Å². The van der Waals surface area contributed by atoms with Crippen LogP contribution in [-0.4, -0.2) is 69.1 Å². The Bertz CT molecular complexity index is 1100. The molecule has 0 bridgehead atoms. The number of aromatic nitrogens is 4. The van der Waals surface area contributed by atoms with Crippen LogP contribution in [0.15, 0.2) is 40.4 Å². The molecule has 0 spiro atoms. The summed E-state index contributed by atoms with van der Waals surface area (Å²) in [6.45, 7) is 7.98. The molecule has 1 N–H and O–H groups in total. The van der Waals surface area contributed by atoms with E-state index in [1.165, 1.54) is 10.8 Å². The van der Waals surface area contributed by atoms with Crippen LogP contribution in [0.2, 0.25) is 0 Å². The van der Waals surface area contributed by atoms with Gasteiger partial charge in [0.1, 0.15) is 12.1 Å². The molecule has 2 aliphatic rings. The highest BCUT2D eigenvalue weighted by Crippen LogP contribution is 2.46. The first kappa shape index (κ1) is 19.6. The van der Waals surface area contributed by atoms with Crippen molar-refractivity contribution in [2.45, 2.75) is 29.7 Å². The van der Waals surface area contributed by atoms with E-state index in [0.29, 0.717) is 23.4 Å². The maximum atomic E-state index is 13.2. The van der Waals surface area contributed by atoms with Crippen LogP contribution in [0.1, 0.15) is 24.0 Å². The summed E-state index contributed by atoms with van der Waals surface area (Å²) in [5.74, 6) is 1.11. The average Bonchev–Trinajstić information content (AvgIpc) is 3.38. The van der Waals surface area contributed by atoms with Crippen LogP contribution in [0.5, 0.6) is 5.75 Å². The van der Waals surface area contributed by atoms with Gasteiger partial charge in [0.15, 0.2) is 5.65 Å². The largest absolute Gasteiger partial charge is 0.497 e. The Hall–Kier alpha value is -2.36. The number of thioether (sulfide) groups is 1. The predicted octanol–water partition coefficient (Wildman–Crippen LogP) is 1.43. The summed E-state index contributed by atoms with van der Waals surface area (Å²) in [5, 5.41) is 9.06. The molecule has 0 aliphatic carbocycles. The quantitative estimate of drug-likeness (QED) is 0.619. The van der Waals surface area contributed by atoms with Crippen LogP contribution in [0.3, 0.4) is 0 Å². The first-order valence-electron chi connectivity index (χ1n) is 10.3. The molecular formula is C21H26N6O2S. The van der Waals surface area contributed by atoms with Gasteiger partial charge in [-0.25, -0.2) is 9.78 Å². The number of rotatable bonds is 5. The van der Waals surface area contributed by atoms with E-state index >= 15 is 0 Å². The molecule has 4 heterocycles. The van der Waals surface area contributed by atoms with Gasteiger partial charge in [0, 0.05) is 49.5 Å². The van der Waals surface area contributed by atoms with Crippen molar-refractivity contribution in [2.75, 3.05) is 39.8 Å². The SMILES string of the molecule is COc1ccc(Cn2c3c(c4ncnn4c2=O)C(C)C(CN2CCNCC2)S3)cc1. The number of benzene rings is 1. The molecule has 8 nitrogen and oxygen atoms in total. The van der Waals surface area contributed by atoms with Gasteiger partial charge >= 0.3 is 5.69 Å². The zero-order valence-electron chi connectivity index (χ0n) is 17.2. The molecule has 2 aromatic heterocycles. The Morgan fingerprint density at radius 3 is 2.73 bits per heavy atom. The maximum Gasteiger partial charge on any atom is 0.351 e. The van der Waals surface area contributed by atoms with E-state index in [-0.39, 0.29) is 5.69 Å². The number of ether oxygens (including phenoxy) is 1. The zero-order chi connectivity index (χ0) is 20.7. The Morgan fingerprint density at radius 1 is 1.23 bits per heavy atom. The third-order valence-corrected chi connectivity index (χ3v) is 7.62. The zero-order valence-corrected chi connectivity index (χ0v) is 18.1. The third kappa shape index (κ3) is 3.40. The Balaban J connectivity index is 1.52. The number of nitrogens with zero attached hydrogens (tertiary/aromatic N) is 5. The lowest BCUT2D eigenvalue weighted by atomic mass is 9.99. The molecule has 0 saturated carbocycles. The maximum absolute atomic E-state index is 13.2. The average molecular weight is 427 g/mol. The number of methoxy groups -OCH3 is 1. The van der Waals surface area contributed by atoms with Gasteiger partial charge < -0.3 is 10.1 Å². The van der Waals surface area contributed by atoms with Gasteiger partial charge in [0.2, 0.25) is 0 Å². The predicted molar refractivity (Wildman–Crippen MR) is 117 cm³/mol. The number of hydrogen-bond donors (Lipinski definition) is 1. The summed E-state index contributed by atoms with van der Waals surface area (Å²) >= 11 is 1.82. The second-order valence-corrected chi connectivity index (χ2v) is 9.15. The minimum absolute atomic E-state index is 0.139. The Morgan fingerprint density at radius 2 is 2.00 bits per heavy atom. The molecule has 30 heavy (non-hydrogen) atoms. The Kier molecular flexibility index (Phi) is 5.26. The summed E-state index contributed by atoms with van der Waals surface area (Å²) < 4.78 is 8.57. The monoisotopic (exact) mass is 426 g/mol. The van der Waals surface area contributed by atoms with Gasteiger partial charge in [-0.15, -0.1) is 11.8 Å². The normalized spacial score (nSPS) is 21.8. The van der Waals surface area contributed by atoms with Crippen molar-refractivity contribution in [3.63, 3.8) is 0 Å². The second kappa shape index (κ2) is 8.05. The van der Waals surface area contributed by atoms with E-state index in [9.17, 15) is 4.79 Å². The van der Waals surface area contributed by atoms with E-state index < -0.39 is 0 Å². The topological polar surface area (TPSA) is 76.7 Å². The highest BCUT2D eigenvalue weighted by atomic mass is 32.2. The molecule has 1 fully saturated rings. The van der Waals surface area contributed by atoms with Gasteiger partial charge in [0.25, 0.3) is 0 Å². The smallest absolute Gasteiger partial charge is 0.351 e. The fourth-order valence-corrected chi connectivity index (χ4v) is 5.95. The molecule has 158 valence electrons. The summed E-state index contributed by atoms with van der Waals surface area (Å²) in [6, 6.07) is 7.87. The van der Waals surface area contributed by atoms with Crippen LogP contribution in [-0.2, 0) is 6.54 Å². The van der Waals surface area contributed by atoms with Crippen LogP contribution >= 0.6 is 11.8 Å². The molecule has 9 heteroatoms. The first-order valence-corrected chi connectivity index (χ1v) is 11.2. The number of hydrogen-bond acceptors (Lipinski definition) is 7. The van der Waals surface area contributed by atoms with Crippen molar-refractivity contribution < 1.29 is 4.74 Å². The molecule has 1 aromatic carbocycles. The number of fused-ring (bicyclic) bond motifs is 3. The van der Waals surface area contributed by atoms with Crippen LogP contribution in [0, 0.1) is 0 Å². The fraction of sp³-hybridized carbons (Fsp3) is 0.476. The third-order valence-electron chi connectivity index (χ3n) is 6.10. The van der Waals surface area contributed by atoms with Gasteiger partial charge in [-0.05, 0) is 17.7 Å². The van der Waals surface area contributed by atoms with Crippen molar-refractivity contribution in [2.24, 2.45) is 0 Å². The minimum atomic E-state index is -0.139. The fourth-order valence-electron chi connectivity index (χ4n) is 4.36. The molecule has 0 amide bonds. The van der Waals surface area contributed by atoms with Crippen molar-refractivity contribution in [1.29, 1.82) is 0 Å². The van der Waals surface area contributed by atoms with E-state index in [4.69, 9.17) is 4.74 Å². The molecule has 2 aliphatic heterocycles. The number of piperazine rings is 1. The first-order chi connectivity index (χ1) is 14.7. The van der Waals surface area contributed by atoms with E-state index in [0.717, 1.165) is 54.6 Å². The lowest BCUT2D eigenvalue weighted by Gasteiger charge is -2.30. The van der Waals surface area contributed by atoms with E-state index in [2.05, 4.69) is 27.2 Å². The highest BCUT2D eigenvalue weighted by molar-refractivity contribution is 8.00. The molecule has 5 rings (SSSR count). The summed E-state index contributed by atoms with van der Waals surface area (Å²) in [7, 11) is 1.65. The summed E-state index contributed by atoms with van der Waals surface area (Å²) in [6.07, 6.45) is 1.48. The molecular weight excluding hydrogens is 400 g/mol. The Labute approximate surface area is 179 Å². The lowest BCUT2D eigenvalue weighted by Crippen LogP contribution is -2.46. The van der Waals surface area contributed by atoms with Crippen LogP contribution in [0.25, 0.3) is 5.65 Å². The highest BCUT2D eigenvalue weighted by Gasteiger charge is 2.37. The van der Waals surface area contributed by atoms with Crippen molar-refractivity contribution in [3.8, 4) is 5.75 Å². The summed E-state index contributed by atoms with van der Waals surface area (Å²) in [5.41, 5.74) is 2.76. The van der Waals surface area contributed by atoms with Gasteiger partial charge in [-0.2, -0.15) is 9.61 Å². The van der Waals surface area contributed by atoms with Crippen molar-refractivity contribution >= 4 is 17.4 Å². The lowest BCUT2D eigenvalue weighted by molar-refractivity contribution is 0.238. The summed E-state index contributed by atoms with van der Waals surface area (Å²) in [4.78, 5) is 20.2. The van der Waals surface area contributed by atoms with Crippen molar-refractivity contribution in [3.05, 3.63) is 52.2 Å². The molecule has 0 radical (unpaired) electrons. The van der Waals surface area contributed by atoms with E-state index in [1.54, 1.807) is 7.11 Å². The molecule has 3 aromatic rings. The molecule has 2 unspecified atom stereocenters. The van der Waals surface area contributed by atoms with Crippen LogP contribution < -0.4 is 15.7 Å². The van der Waals surface area contributed by atoms with Gasteiger partial charge in [-0.3, -0.25) is 9.47 Å².